The Hall–Kier alpha value is -2.17. The van der Waals surface area contributed by atoms with Gasteiger partial charge < -0.3 is 10.2 Å². The molecular formula is C22H30N4O. The summed E-state index contributed by atoms with van der Waals surface area (Å²) in [4.78, 5) is 15.2. The molecule has 1 aliphatic heterocycles. The predicted molar refractivity (Wildman–Crippen MR) is 109 cm³/mol. The Bertz CT molecular complexity index is 800. The molecule has 5 heteroatoms. The number of hydrogen-bond donors (Lipinski definition) is 1. The van der Waals surface area contributed by atoms with Crippen molar-refractivity contribution in [2.24, 2.45) is 5.92 Å². The third-order valence-corrected chi connectivity index (χ3v) is 6.23. The third-order valence-electron chi connectivity index (χ3n) is 6.23. The van der Waals surface area contributed by atoms with Crippen LogP contribution in [-0.4, -0.2) is 35.2 Å². The molecule has 1 aliphatic carbocycles. The van der Waals surface area contributed by atoms with Crippen molar-refractivity contribution in [1.29, 1.82) is 0 Å². The lowest BCUT2D eigenvalue weighted by molar-refractivity contribution is 0.0939. The largest absolute Gasteiger partial charge is 0.352 e. The molecule has 0 radical (unpaired) electrons. The standard InChI is InChI=1S/C22H30N4O/c1-16-9-7-8-14-26(16)21-19-13-6-5-12-18(19)20(24-25-21)22(27)23-15-17-10-3-2-4-11-17/h5-6,12-13,16-17H,2-4,7-11,14-15H2,1H3,(H,23,27). The van der Waals surface area contributed by atoms with Crippen LogP contribution in [0.2, 0.25) is 0 Å². The van der Waals surface area contributed by atoms with Crippen LogP contribution in [0.5, 0.6) is 0 Å². The molecule has 1 saturated carbocycles. The lowest BCUT2D eigenvalue weighted by atomic mass is 9.89. The Morgan fingerprint density at radius 1 is 1.04 bits per heavy atom. The molecule has 1 unspecified atom stereocenters. The van der Waals surface area contributed by atoms with Crippen molar-refractivity contribution in [2.45, 2.75) is 64.3 Å². The van der Waals surface area contributed by atoms with E-state index in [0.717, 1.165) is 29.7 Å². The van der Waals surface area contributed by atoms with Crippen molar-refractivity contribution in [3.63, 3.8) is 0 Å². The van der Waals surface area contributed by atoms with E-state index in [2.05, 4.69) is 33.4 Å². The number of carbonyl (C=O) groups is 1. The maximum atomic E-state index is 12.8. The molecule has 2 fully saturated rings. The summed E-state index contributed by atoms with van der Waals surface area (Å²) < 4.78 is 0. The molecule has 1 aromatic carbocycles. The number of benzene rings is 1. The number of anilines is 1. The Morgan fingerprint density at radius 2 is 1.78 bits per heavy atom. The average molecular weight is 367 g/mol. The predicted octanol–water partition coefficient (Wildman–Crippen LogP) is 4.32. The van der Waals surface area contributed by atoms with E-state index in [-0.39, 0.29) is 5.91 Å². The molecule has 0 spiro atoms. The molecule has 1 saturated heterocycles. The summed E-state index contributed by atoms with van der Waals surface area (Å²) in [6.45, 7) is 4.01. The summed E-state index contributed by atoms with van der Waals surface area (Å²) in [5.74, 6) is 1.43. The van der Waals surface area contributed by atoms with Crippen molar-refractivity contribution in [3.05, 3.63) is 30.0 Å². The number of hydrogen-bond acceptors (Lipinski definition) is 4. The lowest BCUT2D eigenvalue weighted by Crippen LogP contribution is -2.38. The van der Waals surface area contributed by atoms with Crippen LogP contribution in [0, 0.1) is 5.92 Å². The van der Waals surface area contributed by atoms with Gasteiger partial charge in [0.15, 0.2) is 11.5 Å². The normalized spacial score (nSPS) is 21.4. The highest BCUT2D eigenvalue weighted by molar-refractivity contribution is 6.07. The summed E-state index contributed by atoms with van der Waals surface area (Å²) in [7, 11) is 0. The van der Waals surface area contributed by atoms with E-state index < -0.39 is 0 Å². The Kier molecular flexibility index (Phi) is 5.55. The number of nitrogens with one attached hydrogen (secondary N) is 1. The first-order valence-corrected chi connectivity index (χ1v) is 10.5. The summed E-state index contributed by atoms with van der Waals surface area (Å²) in [6, 6.07) is 8.52. The summed E-state index contributed by atoms with van der Waals surface area (Å²) in [6.07, 6.45) is 9.97. The van der Waals surface area contributed by atoms with Crippen molar-refractivity contribution < 1.29 is 4.79 Å². The van der Waals surface area contributed by atoms with Crippen LogP contribution in [0.4, 0.5) is 5.82 Å². The monoisotopic (exact) mass is 366 g/mol. The molecule has 0 bridgehead atoms. The second-order valence-corrected chi connectivity index (χ2v) is 8.17. The molecular weight excluding hydrogens is 336 g/mol. The van der Waals surface area contributed by atoms with Gasteiger partial charge >= 0.3 is 0 Å². The molecule has 2 heterocycles. The quantitative estimate of drug-likeness (QED) is 0.875. The van der Waals surface area contributed by atoms with Crippen molar-refractivity contribution >= 4 is 22.5 Å². The van der Waals surface area contributed by atoms with Gasteiger partial charge in [0.1, 0.15) is 0 Å². The molecule has 2 aromatic rings. The van der Waals surface area contributed by atoms with E-state index in [0.29, 0.717) is 17.7 Å². The van der Waals surface area contributed by atoms with Gasteiger partial charge in [-0.3, -0.25) is 4.79 Å². The van der Waals surface area contributed by atoms with Gasteiger partial charge in [0.2, 0.25) is 0 Å². The molecule has 2 aliphatic rings. The Labute approximate surface area is 161 Å². The van der Waals surface area contributed by atoms with Gasteiger partial charge in [0.05, 0.1) is 0 Å². The van der Waals surface area contributed by atoms with E-state index in [1.165, 1.54) is 51.4 Å². The van der Waals surface area contributed by atoms with Gasteiger partial charge in [-0.05, 0) is 44.9 Å². The van der Waals surface area contributed by atoms with Crippen LogP contribution in [0.3, 0.4) is 0 Å². The average Bonchev–Trinajstić information content (AvgIpc) is 2.72. The van der Waals surface area contributed by atoms with E-state index in [1.54, 1.807) is 0 Å². The van der Waals surface area contributed by atoms with Crippen LogP contribution < -0.4 is 10.2 Å². The van der Waals surface area contributed by atoms with E-state index in [9.17, 15) is 4.79 Å². The highest BCUT2D eigenvalue weighted by atomic mass is 16.1. The van der Waals surface area contributed by atoms with E-state index in [4.69, 9.17) is 0 Å². The van der Waals surface area contributed by atoms with Gasteiger partial charge in [0, 0.05) is 29.9 Å². The molecule has 5 nitrogen and oxygen atoms in total. The first kappa shape index (κ1) is 18.2. The number of aromatic nitrogens is 2. The molecule has 1 aromatic heterocycles. The van der Waals surface area contributed by atoms with Gasteiger partial charge in [-0.1, -0.05) is 43.5 Å². The van der Waals surface area contributed by atoms with Crippen LogP contribution in [0.1, 0.15) is 68.8 Å². The number of rotatable bonds is 4. The van der Waals surface area contributed by atoms with E-state index >= 15 is 0 Å². The van der Waals surface area contributed by atoms with Crippen LogP contribution in [0.25, 0.3) is 10.8 Å². The van der Waals surface area contributed by atoms with Gasteiger partial charge in [-0.15, -0.1) is 10.2 Å². The number of amides is 1. The fraction of sp³-hybridized carbons (Fsp3) is 0.591. The van der Waals surface area contributed by atoms with E-state index in [1.807, 2.05) is 18.2 Å². The number of nitrogens with zero attached hydrogens (tertiary/aromatic N) is 3. The molecule has 4 rings (SSSR count). The topological polar surface area (TPSA) is 58.1 Å². The minimum atomic E-state index is -0.0949. The minimum Gasteiger partial charge on any atom is -0.352 e. The lowest BCUT2D eigenvalue weighted by Gasteiger charge is -2.34. The molecule has 1 atom stereocenters. The molecule has 27 heavy (non-hydrogen) atoms. The van der Waals surface area contributed by atoms with Crippen LogP contribution in [0.15, 0.2) is 24.3 Å². The number of piperidine rings is 1. The van der Waals surface area contributed by atoms with Crippen molar-refractivity contribution in [3.8, 4) is 0 Å². The van der Waals surface area contributed by atoms with Gasteiger partial charge in [0.25, 0.3) is 5.91 Å². The maximum absolute atomic E-state index is 12.8. The zero-order valence-corrected chi connectivity index (χ0v) is 16.3. The van der Waals surface area contributed by atoms with Crippen molar-refractivity contribution in [2.75, 3.05) is 18.0 Å². The fourth-order valence-corrected chi connectivity index (χ4v) is 4.59. The fourth-order valence-electron chi connectivity index (χ4n) is 4.59. The van der Waals surface area contributed by atoms with Gasteiger partial charge in [-0.25, -0.2) is 0 Å². The van der Waals surface area contributed by atoms with Crippen LogP contribution >= 0.6 is 0 Å². The minimum absolute atomic E-state index is 0.0949. The first-order valence-electron chi connectivity index (χ1n) is 10.5. The SMILES string of the molecule is CC1CCCCN1c1nnc(C(=O)NCC2CCCCC2)c2ccccc12. The summed E-state index contributed by atoms with van der Waals surface area (Å²) in [5, 5.41) is 13.9. The smallest absolute Gasteiger partial charge is 0.272 e. The Balaban J connectivity index is 1.58. The highest BCUT2D eigenvalue weighted by Gasteiger charge is 2.24. The molecule has 1 N–H and O–H groups in total. The molecule has 144 valence electrons. The third kappa shape index (κ3) is 3.92. The van der Waals surface area contributed by atoms with Crippen molar-refractivity contribution in [1.82, 2.24) is 15.5 Å². The second kappa shape index (κ2) is 8.24. The zero-order valence-electron chi connectivity index (χ0n) is 16.3. The highest BCUT2D eigenvalue weighted by Crippen LogP contribution is 2.30. The second-order valence-electron chi connectivity index (χ2n) is 8.17. The number of carbonyl (C=O) groups excluding carboxylic acids is 1. The summed E-state index contributed by atoms with van der Waals surface area (Å²) >= 11 is 0. The Morgan fingerprint density at radius 3 is 2.56 bits per heavy atom. The maximum Gasteiger partial charge on any atom is 0.272 e. The molecule has 1 amide bonds. The van der Waals surface area contributed by atoms with Gasteiger partial charge in [-0.2, -0.15) is 0 Å². The summed E-state index contributed by atoms with van der Waals surface area (Å²) in [5.41, 5.74) is 0.454. The first-order chi connectivity index (χ1) is 13.2. The number of fused-ring (bicyclic) bond motifs is 1. The van der Waals surface area contributed by atoms with Crippen LogP contribution in [-0.2, 0) is 0 Å². The zero-order chi connectivity index (χ0) is 18.6.